The molecule has 0 fully saturated rings. The van der Waals surface area contributed by atoms with Gasteiger partial charge in [0.25, 0.3) is 0 Å². The van der Waals surface area contributed by atoms with E-state index in [2.05, 4.69) is 10.1 Å². The Labute approximate surface area is 123 Å². The lowest BCUT2D eigenvalue weighted by Gasteiger charge is -2.19. The second-order valence-electron chi connectivity index (χ2n) is 5.13. The maximum Gasteiger partial charge on any atom is 0.412 e. The van der Waals surface area contributed by atoms with Gasteiger partial charge in [-0.25, -0.2) is 4.79 Å². The van der Waals surface area contributed by atoms with Crippen LogP contribution < -0.4 is 5.32 Å². The van der Waals surface area contributed by atoms with Crippen molar-refractivity contribution in [3.8, 4) is 0 Å². The molecule has 1 N–H and O–H groups in total. The summed E-state index contributed by atoms with van der Waals surface area (Å²) in [5.41, 5.74) is 0.704. The van der Waals surface area contributed by atoms with Gasteiger partial charge in [0, 0.05) is 5.69 Å². The third-order valence-electron chi connectivity index (χ3n) is 2.14. The van der Waals surface area contributed by atoms with Crippen LogP contribution in [0.2, 0.25) is 0 Å². The Kier molecular flexibility index (Phi) is 5.82. The molecule has 0 saturated heterocycles. The van der Waals surface area contributed by atoms with Crippen molar-refractivity contribution in [3.05, 3.63) is 29.8 Å². The van der Waals surface area contributed by atoms with E-state index in [1.54, 1.807) is 45.0 Å². The fourth-order valence-corrected chi connectivity index (χ4v) is 1.58. The van der Waals surface area contributed by atoms with Crippen molar-refractivity contribution in [1.29, 1.82) is 0 Å². The number of amides is 1. The smallest absolute Gasteiger partial charge is 0.412 e. The number of halogens is 1. The van der Waals surface area contributed by atoms with Crippen LogP contribution >= 0.6 is 11.6 Å². The zero-order chi connectivity index (χ0) is 15.2. The lowest BCUT2D eigenvalue weighted by molar-refractivity contribution is -0.140. The molecule has 1 amide bonds. The zero-order valence-electron chi connectivity index (χ0n) is 11.7. The lowest BCUT2D eigenvalue weighted by Crippen LogP contribution is -2.27. The highest BCUT2D eigenvalue weighted by atomic mass is 35.5. The first-order valence-electron chi connectivity index (χ1n) is 6.11. The third-order valence-corrected chi connectivity index (χ3v) is 2.25. The van der Waals surface area contributed by atoms with Gasteiger partial charge in [0.05, 0.1) is 6.42 Å². The number of hydrogen-bond acceptors (Lipinski definition) is 4. The highest BCUT2D eigenvalue weighted by Crippen LogP contribution is 2.14. The van der Waals surface area contributed by atoms with Crippen LogP contribution in [0.4, 0.5) is 10.5 Å². The summed E-state index contributed by atoms with van der Waals surface area (Å²) in [6, 6.07) is 6.71. The van der Waals surface area contributed by atoms with Crippen LogP contribution in [0, 0.1) is 0 Å². The lowest BCUT2D eigenvalue weighted by atomic mass is 10.1. The van der Waals surface area contributed by atoms with Gasteiger partial charge in [-0.15, -0.1) is 0 Å². The number of nitrogens with one attached hydrogen (secondary N) is 1. The maximum absolute atomic E-state index is 11.6. The molecule has 1 aromatic carbocycles. The predicted octanol–water partition coefficient (Wildman–Crippen LogP) is 3.32. The summed E-state index contributed by atoms with van der Waals surface area (Å²) in [6.07, 6.45) is -0.450. The van der Waals surface area contributed by atoms with Crippen LogP contribution in [0.1, 0.15) is 26.3 Å². The van der Waals surface area contributed by atoms with Gasteiger partial charge in [0.15, 0.2) is 6.07 Å². The summed E-state index contributed by atoms with van der Waals surface area (Å²) in [4.78, 5) is 22.9. The van der Waals surface area contributed by atoms with Crippen molar-refractivity contribution < 1.29 is 19.1 Å². The number of anilines is 1. The van der Waals surface area contributed by atoms with E-state index >= 15 is 0 Å². The molecule has 0 spiro atoms. The first-order chi connectivity index (χ1) is 9.30. The number of carbonyl (C=O) groups excluding carboxylic acids is 2. The quantitative estimate of drug-likeness (QED) is 0.684. The Bertz CT molecular complexity index is 482. The van der Waals surface area contributed by atoms with Crippen LogP contribution in [0.15, 0.2) is 24.3 Å². The Morgan fingerprint density at radius 3 is 2.60 bits per heavy atom. The highest BCUT2D eigenvalue weighted by Gasteiger charge is 2.16. The number of esters is 1. The molecule has 0 saturated carbocycles. The molecule has 0 radical (unpaired) electrons. The molecule has 5 nitrogen and oxygen atoms in total. The average molecular weight is 300 g/mol. The molecule has 0 aliphatic heterocycles. The molecule has 0 heterocycles. The van der Waals surface area contributed by atoms with E-state index in [9.17, 15) is 9.59 Å². The number of alkyl halides is 1. The number of rotatable bonds is 4. The van der Waals surface area contributed by atoms with E-state index in [-0.39, 0.29) is 12.5 Å². The second kappa shape index (κ2) is 7.14. The van der Waals surface area contributed by atoms with Crippen molar-refractivity contribution in [3.63, 3.8) is 0 Å². The van der Waals surface area contributed by atoms with Gasteiger partial charge in [-0.1, -0.05) is 23.7 Å². The van der Waals surface area contributed by atoms with Crippen molar-refractivity contribution in [2.24, 2.45) is 0 Å². The average Bonchev–Trinajstić information content (AvgIpc) is 2.26. The van der Waals surface area contributed by atoms with Crippen LogP contribution in [0.3, 0.4) is 0 Å². The molecule has 0 aromatic heterocycles. The minimum atomic E-state index is -0.564. The summed E-state index contributed by atoms with van der Waals surface area (Å²) in [5, 5.41) is 2.60. The monoisotopic (exact) mass is 299 g/mol. The number of benzene rings is 1. The largest absolute Gasteiger partial charge is 0.449 e. The minimum absolute atomic E-state index is 0.0938. The predicted molar refractivity (Wildman–Crippen MR) is 76.8 cm³/mol. The van der Waals surface area contributed by atoms with Crippen LogP contribution in [0.5, 0.6) is 0 Å². The summed E-state index contributed by atoms with van der Waals surface area (Å²) in [7, 11) is 0. The van der Waals surface area contributed by atoms with Crippen LogP contribution in [-0.4, -0.2) is 23.7 Å². The van der Waals surface area contributed by atoms with Gasteiger partial charge in [-0.2, -0.15) is 0 Å². The third kappa shape index (κ3) is 6.43. The van der Waals surface area contributed by atoms with E-state index in [4.69, 9.17) is 16.3 Å². The molecule has 20 heavy (non-hydrogen) atoms. The molecule has 110 valence electrons. The van der Waals surface area contributed by atoms with E-state index in [0.29, 0.717) is 11.3 Å². The zero-order valence-corrected chi connectivity index (χ0v) is 12.5. The molecule has 1 rings (SSSR count). The fraction of sp³-hybridized carbons (Fsp3) is 0.429. The van der Waals surface area contributed by atoms with Gasteiger partial charge in [0.2, 0.25) is 0 Å². The van der Waals surface area contributed by atoms with Gasteiger partial charge in [-0.3, -0.25) is 10.1 Å². The highest BCUT2D eigenvalue weighted by molar-refractivity contribution is 6.17. The molecule has 0 unspecified atom stereocenters. The Hall–Kier alpha value is -1.75. The van der Waals surface area contributed by atoms with Gasteiger partial charge >= 0.3 is 12.1 Å². The second-order valence-corrected chi connectivity index (χ2v) is 5.35. The van der Waals surface area contributed by atoms with Gasteiger partial charge < -0.3 is 9.47 Å². The van der Waals surface area contributed by atoms with E-state index < -0.39 is 17.7 Å². The number of carbonyl (C=O) groups is 2. The van der Waals surface area contributed by atoms with Crippen molar-refractivity contribution >= 4 is 29.4 Å². The standard InChI is InChI=1S/C14H18ClNO4/c1-14(2,3)20-13(18)16-11-6-4-5-10(7-11)8-12(17)19-9-15/h4-7H,8-9H2,1-3H3,(H,16,18). The topological polar surface area (TPSA) is 64.6 Å². The first kappa shape index (κ1) is 16.3. The molecule has 1 aromatic rings. The van der Waals surface area contributed by atoms with Crippen LogP contribution in [-0.2, 0) is 20.7 Å². The molecule has 0 bridgehead atoms. The van der Waals surface area contributed by atoms with Crippen LogP contribution in [0.25, 0.3) is 0 Å². The first-order valence-corrected chi connectivity index (χ1v) is 6.64. The van der Waals surface area contributed by atoms with E-state index in [1.807, 2.05) is 0 Å². The van der Waals surface area contributed by atoms with Gasteiger partial charge in [-0.05, 0) is 38.5 Å². The molecule has 0 aliphatic rings. The molecular weight excluding hydrogens is 282 g/mol. The molecule has 6 heteroatoms. The molecular formula is C14H18ClNO4. The van der Waals surface area contributed by atoms with Crippen molar-refractivity contribution in [1.82, 2.24) is 0 Å². The fourth-order valence-electron chi connectivity index (χ4n) is 1.46. The van der Waals surface area contributed by atoms with E-state index in [1.165, 1.54) is 0 Å². The summed E-state index contributed by atoms with van der Waals surface area (Å²) < 4.78 is 9.79. The van der Waals surface area contributed by atoms with Gasteiger partial charge in [0.1, 0.15) is 5.60 Å². The SMILES string of the molecule is CC(C)(C)OC(=O)Nc1cccc(CC(=O)OCCl)c1. The molecule has 0 aliphatic carbocycles. The number of hydrogen-bond donors (Lipinski definition) is 1. The van der Waals surface area contributed by atoms with E-state index in [0.717, 1.165) is 0 Å². The summed E-state index contributed by atoms with van der Waals surface area (Å²) in [5.74, 6) is -0.422. The van der Waals surface area contributed by atoms with Crippen molar-refractivity contribution in [2.75, 3.05) is 11.4 Å². The Balaban J connectivity index is 2.64. The normalized spacial score (nSPS) is 10.8. The summed E-state index contributed by atoms with van der Waals surface area (Å²) in [6.45, 7) is 5.35. The Morgan fingerprint density at radius 2 is 2.00 bits per heavy atom. The summed E-state index contributed by atoms with van der Waals surface area (Å²) >= 11 is 5.31. The Morgan fingerprint density at radius 1 is 1.30 bits per heavy atom. The molecule has 0 atom stereocenters. The van der Waals surface area contributed by atoms with Crippen molar-refractivity contribution in [2.45, 2.75) is 32.8 Å². The number of ether oxygens (including phenoxy) is 2. The minimum Gasteiger partial charge on any atom is -0.449 e. The maximum atomic E-state index is 11.6.